The lowest BCUT2D eigenvalue weighted by molar-refractivity contribution is 0.0943. The van der Waals surface area contributed by atoms with E-state index in [-0.39, 0.29) is 11.9 Å². The summed E-state index contributed by atoms with van der Waals surface area (Å²) in [4.78, 5) is 20.7. The second-order valence-corrected chi connectivity index (χ2v) is 4.60. The topological polar surface area (TPSA) is 54.9 Å². The number of pyridine rings is 1. The predicted molar refractivity (Wildman–Crippen MR) is 67.0 cm³/mol. The minimum absolute atomic E-state index is 0.0577. The van der Waals surface area contributed by atoms with Crippen molar-refractivity contribution in [2.75, 3.05) is 0 Å². The average Bonchev–Trinajstić information content (AvgIpc) is 2.76. The number of thiazole rings is 1. The van der Waals surface area contributed by atoms with Gasteiger partial charge in [0, 0.05) is 12.4 Å². The first kappa shape index (κ1) is 11.7. The van der Waals surface area contributed by atoms with Crippen LogP contribution in [0.25, 0.3) is 0 Å². The van der Waals surface area contributed by atoms with Gasteiger partial charge >= 0.3 is 0 Å². The number of rotatable bonds is 3. The maximum atomic E-state index is 11.9. The quantitative estimate of drug-likeness (QED) is 0.905. The number of aryl methyl sites for hydroxylation is 1. The molecule has 5 heteroatoms. The summed E-state index contributed by atoms with van der Waals surface area (Å²) in [6, 6.07) is 3.74. The summed E-state index contributed by atoms with van der Waals surface area (Å²) < 4.78 is 0. The molecule has 0 aromatic carbocycles. The Hall–Kier alpha value is -1.75. The molecule has 0 aliphatic heterocycles. The van der Waals surface area contributed by atoms with E-state index >= 15 is 0 Å². The molecule has 0 aliphatic rings. The molecular weight excluding hydrogens is 234 g/mol. The smallest absolute Gasteiger partial charge is 0.263 e. The van der Waals surface area contributed by atoms with Crippen molar-refractivity contribution in [3.8, 4) is 0 Å². The highest BCUT2D eigenvalue weighted by molar-refractivity contribution is 7.11. The van der Waals surface area contributed by atoms with Crippen LogP contribution >= 0.6 is 11.3 Å². The summed E-state index contributed by atoms with van der Waals surface area (Å²) in [6.45, 7) is 3.77. The van der Waals surface area contributed by atoms with Gasteiger partial charge in [-0.15, -0.1) is 11.3 Å². The normalized spacial score (nSPS) is 12.1. The fourth-order valence-electron chi connectivity index (χ4n) is 1.50. The lowest BCUT2D eigenvalue weighted by Crippen LogP contribution is -2.26. The largest absolute Gasteiger partial charge is 0.345 e. The standard InChI is InChI=1S/C12H13N3OS/c1-8(10-4-3-5-13-6-10)15-12(16)11-9(2)14-7-17-11/h3-8H,1-2H3,(H,15,16)/t8-/m0/s1. The van der Waals surface area contributed by atoms with Crippen LogP contribution in [0.1, 0.15) is 33.9 Å². The fraction of sp³-hybridized carbons (Fsp3) is 0.250. The van der Waals surface area contributed by atoms with Gasteiger partial charge < -0.3 is 5.32 Å². The van der Waals surface area contributed by atoms with Gasteiger partial charge in [0.1, 0.15) is 4.88 Å². The number of nitrogens with one attached hydrogen (secondary N) is 1. The third-order valence-corrected chi connectivity index (χ3v) is 3.41. The first-order chi connectivity index (χ1) is 8.18. The van der Waals surface area contributed by atoms with Crippen molar-refractivity contribution in [3.05, 3.63) is 46.2 Å². The number of nitrogens with zero attached hydrogens (tertiary/aromatic N) is 2. The molecule has 2 aromatic rings. The first-order valence-corrected chi connectivity index (χ1v) is 6.17. The van der Waals surface area contributed by atoms with Gasteiger partial charge in [0.25, 0.3) is 5.91 Å². The Morgan fingerprint density at radius 1 is 1.53 bits per heavy atom. The Morgan fingerprint density at radius 3 is 2.94 bits per heavy atom. The molecule has 2 heterocycles. The molecular formula is C12H13N3OS. The van der Waals surface area contributed by atoms with Crippen LogP contribution in [0.2, 0.25) is 0 Å². The van der Waals surface area contributed by atoms with Gasteiger partial charge in [-0.2, -0.15) is 0 Å². The molecule has 1 N–H and O–H groups in total. The van der Waals surface area contributed by atoms with Crippen LogP contribution in [0.4, 0.5) is 0 Å². The Bertz CT molecular complexity index is 509. The van der Waals surface area contributed by atoms with E-state index in [1.807, 2.05) is 26.0 Å². The molecule has 0 saturated carbocycles. The zero-order valence-electron chi connectivity index (χ0n) is 9.68. The van der Waals surface area contributed by atoms with E-state index in [9.17, 15) is 4.79 Å². The minimum atomic E-state index is -0.0821. The van der Waals surface area contributed by atoms with Crippen molar-refractivity contribution in [1.29, 1.82) is 0 Å². The highest BCUT2D eigenvalue weighted by Gasteiger charge is 2.15. The van der Waals surface area contributed by atoms with E-state index in [1.165, 1.54) is 11.3 Å². The van der Waals surface area contributed by atoms with Crippen molar-refractivity contribution >= 4 is 17.2 Å². The van der Waals surface area contributed by atoms with E-state index in [4.69, 9.17) is 0 Å². The second kappa shape index (κ2) is 5.05. The lowest BCUT2D eigenvalue weighted by Gasteiger charge is -2.13. The fourth-order valence-corrected chi connectivity index (χ4v) is 2.20. The number of hydrogen-bond acceptors (Lipinski definition) is 4. The Balaban J connectivity index is 2.08. The highest BCUT2D eigenvalue weighted by atomic mass is 32.1. The molecule has 4 nitrogen and oxygen atoms in total. The Kier molecular flexibility index (Phi) is 3.49. The Morgan fingerprint density at radius 2 is 2.35 bits per heavy atom. The van der Waals surface area contributed by atoms with Gasteiger partial charge in [0.2, 0.25) is 0 Å². The number of aromatic nitrogens is 2. The van der Waals surface area contributed by atoms with E-state index in [0.29, 0.717) is 4.88 Å². The molecule has 2 rings (SSSR count). The molecule has 17 heavy (non-hydrogen) atoms. The summed E-state index contributed by atoms with van der Waals surface area (Å²) in [5, 5.41) is 2.93. The summed E-state index contributed by atoms with van der Waals surface area (Å²) in [7, 11) is 0. The minimum Gasteiger partial charge on any atom is -0.345 e. The number of hydrogen-bond donors (Lipinski definition) is 1. The maximum Gasteiger partial charge on any atom is 0.263 e. The molecule has 2 aromatic heterocycles. The van der Waals surface area contributed by atoms with Crippen LogP contribution in [0.5, 0.6) is 0 Å². The predicted octanol–water partition coefficient (Wildman–Crippen LogP) is 2.34. The molecule has 1 atom stereocenters. The zero-order chi connectivity index (χ0) is 12.3. The monoisotopic (exact) mass is 247 g/mol. The average molecular weight is 247 g/mol. The zero-order valence-corrected chi connectivity index (χ0v) is 10.5. The highest BCUT2D eigenvalue weighted by Crippen LogP contribution is 2.15. The van der Waals surface area contributed by atoms with Gasteiger partial charge in [-0.05, 0) is 25.5 Å². The first-order valence-electron chi connectivity index (χ1n) is 5.29. The van der Waals surface area contributed by atoms with E-state index in [1.54, 1.807) is 17.9 Å². The van der Waals surface area contributed by atoms with Gasteiger partial charge in [-0.25, -0.2) is 4.98 Å². The Labute approximate surface area is 104 Å². The summed E-state index contributed by atoms with van der Waals surface area (Å²) in [5.74, 6) is -0.0821. The molecule has 0 spiro atoms. The molecule has 0 radical (unpaired) electrons. The van der Waals surface area contributed by atoms with Crippen molar-refractivity contribution in [2.45, 2.75) is 19.9 Å². The van der Waals surface area contributed by atoms with Gasteiger partial charge in [0.15, 0.2) is 0 Å². The van der Waals surface area contributed by atoms with Crippen molar-refractivity contribution in [1.82, 2.24) is 15.3 Å². The van der Waals surface area contributed by atoms with Crippen LogP contribution in [0.15, 0.2) is 30.0 Å². The van der Waals surface area contributed by atoms with E-state index < -0.39 is 0 Å². The van der Waals surface area contributed by atoms with Gasteiger partial charge in [-0.3, -0.25) is 9.78 Å². The molecule has 88 valence electrons. The summed E-state index contributed by atoms with van der Waals surface area (Å²) in [6.07, 6.45) is 3.47. The molecule has 1 amide bonds. The maximum absolute atomic E-state index is 11.9. The van der Waals surface area contributed by atoms with Crippen molar-refractivity contribution in [3.63, 3.8) is 0 Å². The molecule has 0 unspecified atom stereocenters. The van der Waals surface area contributed by atoms with Crippen LogP contribution < -0.4 is 5.32 Å². The van der Waals surface area contributed by atoms with Crippen molar-refractivity contribution in [2.24, 2.45) is 0 Å². The van der Waals surface area contributed by atoms with Crippen molar-refractivity contribution < 1.29 is 4.79 Å². The molecule has 0 fully saturated rings. The third kappa shape index (κ3) is 2.68. The number of carbonyl (C=O) groups is 1. The number of carbonyl (C=O) groups excluding carboxylic acids is 1. The van der Waals surface area contributed by atoms with Crippen LogP contribution in [-0.4, -0.2) is 15.9 Å². The van der Waals surface area contributed by atoms with Gasteiger partial charge in [0.05, 0.1) is 17.2 Å². The molecule has 0 aliphatic carbocycles. The van der Waals surface area contributed by atoms with E-state index in [2.05, 4.69) is 15.3 Å². The second-order valence-electron chi connectivity index (χ2n) is 3.75. The van der Waals surface area contributed by atoms with Crippen LogP contribution in [0, 0.1) is 6.92 Å². The third-order valence-electron chi connectivity index (χ3n) is 2.48. The molecule has 0 bridgehead atoms. The van der Waals surface area contributed by atoms with Gasteiger partial charge in [-0.1, -0.05) is 6.07 Å². The van der Waals surface area contributed by atoms with Crippen LogP contribution in [0.3, 0.4) is 0 Å². The number of amides is 1. The lowest BCUT2D eigenvalue weighted by atomic mass is 10.1. The molecule has 0 saturated heterocycles. The van der Waals surface area contributed by atoms with Crippen LogP contribution in [-0.2, 0) is 0 Å². The summed E-state index contributed by atoms with van der Waals surface area (Å²) in [5.41, 5.74) is 3.44. The SMILES string of the molecule is Cc1ncsc1C(=O)N[C@@H](C)c1cccnc1. The summed E-state index contributed by atoms with van der Waals surface area (Å²) >= 11 is 1.36. The van der Waals surface area contributed by atoms with E-state index in [0.717, 1.165) is 11.3 Å².